The second kappa shape index (κ2) is 8.31. The number of hydrogen-bond acceptors (Lipinski definition) is 3. The molecule has 0 amide bonds. The van der Waals surface area contributed by atoms with Crippen molar-refractivity contribution in [3.63, 3.8) is 0 Å². The molecule has 0 aromatic carbocycles. The van der Waals surface area contributed by atoms with Crippen LogP contribution in [0.4, 0.5) is 0 Å². The van der Waals surface area contributed by atoms with E-state index in [1.807, 2.05) is 6.07 Å². The van der Waals surface area contributed by atoms with Crippen molar-refractivity contribution in [2.24, 2.45) is 5.73 Å². The fourth-order valence-electron chi connectivity index (χ4n) is 1.58. The predicted octanol–water partition coefficient (Wildman–Crippen LogP) is 3.54. The highest BCUT2D eigenvalue weighted by molar-refractivity contribution is 6.31. The molecule has 0 unspecified atom stereocenters. The number of nitrogens with zero attached hydrogens (tertiary/aromatic N) is 1. The number of pyridine rings is 1. The van der Waals surface area contributed by atoms with Crippen LogP contribution in [0.25, 0.3) is 0 Å². The molecule has 0 bridgehead atoms. The van der Waals surface area contributed by atoms with Crippen molar-refractivity contribution in [2.75, 3.05) is 6.61 Å². The summed E-state index contributed by atoms with van der Waals surface area (Å²) >= 11 is 5.92. The monoisotopic (exact) mass is 256 g/mol. The van der Waals surface area contributed by atoms with E-state index in [-0.39, 0.29) is 0 Å². The summed E-state index contributed by atoms with van der Waals surface area (Å²) < 4.78 is 5.56. The number of aromatic nitrogens is 1. The van der Waals surface area contributed by atoms with Crippen LogP contribution in [0.3, 0.4) is 0 Å². The average Bonchev–Trinajstić information content (AvgIpc) is 2.35. The molecule has 96 valence electrons. The van der Waals surface area contributed by atoms with Gasteiger partial charge in [-0.1, -0.05) is 44.2 Å². The molecule has 4 heteroatoms. The predicted molar refractivity (Wildman–Crippen MR) is 71.4 cm³/mol. The van der Waals surface area contributed by atoms with Crippen LogP contribution in [-0.2, 0) is 6.54 Å². The standard InChI is InChI=1S/C13H21ClN2O/c1-2-3-4-5-6-7-17-13-8-11(9-15)12(14)10-16-13/h8,10H,2-7,9,15H2,1H3. The van der Waals surface area contributed by atoms with Crippen LogP contribution in [0.5, 0.6) is 5.88 Å². The molecule has 1 rings (SSSR count). The lowest BCUT2D eigenvalue weighted by Gasteiger charge is -2.07. The molecule has 3 nitrogen and oxygen atoms in total. The third-order valence-corrected chi connectivity index (χ3v) is 2.97. The van der Waals surface area contributed by atoms with Crippen molar-refractivity contribution in [3.8, 4) is 5.88 Å². The number of rotatable bonds is 8. The van der Waals surface area contributed by atoms with E-state index in [2.05, 4.69) is 11.9 Å². The van der Waals surface area contributed by atoms with Gasteiger partial charge < -0.3 is 10.5 Å². The molecule has 0 spiro atoms. The summed E-state index contributed by atoms with van der Waals surface area (Å²) in [7, 11) is 0. The van der Waals surface area contributed by atoms with E-state index < -0.39 is 0 Å². The van der Waals surface area contributed by atoms with Gasteiger partial charge in [0.05, 0.1) is 11.6 Å². The van der Waals surface area contributed by atoms with Crippen LogP contribution in [0.2, 0.25) is 5.02 Å². The third kappa shape index (κ3) is 5.37. The number of halogens is 1. The van der Waals surface area contributed by atoms with Crippen LogP contribution in [0, 0.1) is 0 Å². The van der Waals surface area contributed by atoms with Crippen molar-refractivity contribution in [2.45, 2.75) is 45.6 Å². The molecule has 0 aliphatic rings. The molecule has 1 aromatic rings. The minimum Gasteiger partial charge on any atom is -0.478 e. The van der Waals surface area contributed by atoms with Gasteiger partial charge in [0.1, 0.15) is 0 Å². The third-order valence-electron chi connectivity index (χ3n) is 2.63. The molecule has 1 heterocycles. The number of unbranched alkanes of at least 4 members (excludes halogenated alkanes) is 4. The normalized spacial score (nSPS) is 10.5. The van der Waals surface area contributed by atoms with Gasteiger partial charge in [0.25, 0.3) is 0 Å². The first-order valence-electron chi connectivity index (χ1n) is 6.25. The first kappa shape index (κ1) is 14.3. The lowest BCUT2D eigenvalue weighted by atomic mass is 10.2. The Labute approximate surface area is 108 Å². The fourth-order valence-corrected chi connectivity index (χ4v) is 1.76. The average molecular weight is 257 g/mol. The Morgan fingerprint density at radius 3 is 2.76 bits per heavy atom. The summed E-state index contributed by atoms with van der Waals surface area (Å²) in [6.07, 6.45) is 7.72. The van der Waals surface area contributed by atoms with Crippen LogP contribution >= 0.6 is 11.6 Å². The molecule has 0 aliphatic carbocycles. The summed E-state index contributed by atoms with van der Waals surface area (Å²) in [5.74, 6) is 0.616. The Kier molecular flexibility index (Phi) is 6.97. The largest absolute Gasteiger partial charge is 0.478 e. The van der Waals surface area contributed by atoms with Gasteiger partial charge in [0.2, 0.25) is 5.88 Å². The second-order valence-electron chi connectivity index (χ2n) is 4.08. The second-order valence-corrected chi connectivity index (χ2v) is 4.49. The minimum atomic E-state index is 0.411. The molecular weight excluding hydrogens is 236 g/mol. The van der Waals surface area contributed by atoms with Gasteiger partial charge >= 0.3 is 0 Å². The van der Waals surface area contributed by atoms with Crippen molar-refractivity contribution in [1.29, 1.82) is 0 Å². The Balaban J connectivity index is 2.27. The quantitative estimate of drug-likeness (QED) is 0.724. The van der Waals surface area contributed by atoms with Crippen LogP contribution < -0.4 is 10.5 Å². The van der Waals surface area contributed by atoms with E-state index >= 15 is 0 Å². The van der Waals surface area contributed by atoms with Gasteiger partial charge in [-0.05, 0) is 12.0 Å². The maximum absolute atomic E-state index is 5.92. The van der Waals surface area contributed by atoms with Crippen LogP contribution in [0.15, 0.2) is 12.3 Å². The molecule has 0 aliphatic heterocycles. The maximum Gasteiger partial charge on any atom is 0.213 e. The number of hydrogen-bond donors (Lipinski definition) is 1. The fraction of sp³-hybridized carbons (Fsp3) is 0.615. The van der Waals surface area contributed by atoms with Gasteiger partial charge in [0.15, 0.2) is 0 Å². The van der Waals surface area contributed by atoms with Crippen LogP contribution in [-0.4, -0.2) is 11.6 Å². The SMILES string of the molecule is CCCCCCCOc1cc(CN)c(Cl)cn1. The van der Waals surface area contributed by atoms with Gasteiger partial charge in [-0.3, -0.25) is 0 Å². The lowest BCUT2D eigenvalue weighted by Crippen LogP contribution is -2.02. The lowest BCUT2D eigenvalue weighted by molar-refractivity contribution is 0.293. The highest BCUT2D eigenvalue weighted by Crippen LogP contribution is 2.18. The van der Waals surface area contributed by atoms with E-state index in [1.54, 1.807) is 6.20 Å². The van der Waals surface area contributed by atoms with E-state index in [9.17, 15) is 0 Å². The number of ether oxygens (including phenoxy) is 1. The molecule has 0 fully saturated rings. The Bertz CT molecular complexity index is 331. The topological polar surface area (TPSA) is 48.1 Å². The van der Waals surface area contributed by atoms with Crippen molar-refractivity contribution in [1.82, 2.24) is 4.98 Å². The van der Waals surface area contributed by atoms with Crippen molar-refractivity contribution in [3.05, 3.63) is 22.8 Å². The summed E-state index contributed by atoms with van der Waals surface area (Å²) in [5.41, 5.74) is 6.44. The highest BCUT2D eigenvalue weighted by atomic mass is 35.5. The van der Waals surface area contributed by atoms with E-state index in [4.69, 9.17) is 22.1 Å². The Hall–Kier alpha value is -0.800. The molecule has 0 saturated heterocycles. The van der Waals surface area contributed by atoms with Gasteiger partial charge in [-0.25, -0.2) is 4.98 Å². The summed E-state index contributed by atoms with van der Waals surface area (Å²) in [6.45, 7) is 3.33. The molecule has 0 radical (unpaired) electrons. The Morgan fingerprint density at radius 1 is 1.29 bits per heavy atom. The molecule has 2 N–H and O–H groups in total. The zero-order valence-corrected chi connectivity index (χ0v) is 11.2. The van der Waals surface area contributed by atoms with Crippen molar-refractivity contribution < 1.29 is 4.74 Å². The molecule has 1 aromatic heterocycles. The molecule has 17 heavy (non-hydrogen) atoms. The highest BCUT2D eigenvalue weighted by Gasteiger charge is 2.02. The summed E-state index contributed by atoms with van der Waals surface area (Å²) in [5, 5.41) is 0.600. The Morgan fingerprint density at radius 2 is 2.06 bits per heavy atom. The first-order valence-corrected chi connectivity index (χ1v) is 6.63. The van der Waals surface area contributed by atoms with Gasteiger partial charge in [-0.15, -0.1) is 0 Å². The van der Waals surface area contributed by atoms with Gasteiger partial charge in [-0.2, -0.15) is 0 Å². The van der Waals surface area contributed by atoms with Crippen molar-refractivity contribution >= 4 is 11.6 Å². The molecular formula is C13H21ClN2O. The van der Waals surface area contributed by atoms with E-state index in [1.165, 1.54) is 25.7 Å². The molecule has 0 saturated carbocycles. The zero-order valence-electron chi connectivity index (χ0n) is 10.4. The van der Waals surface area contributed by atoms with E-state index in [0.717, 1.165) is 12.0 Å². The first-order chi connectivity index (χ1) is 8.27. The summed E-state index contributed by atoms with van der Waals surface area (Å²) in [4.78, 5) is 4.11. The smallest absolute Gasteiger partial charge is 0.213 e. The minimum absolute atomic E-state index is 0.411. The van der Waals surface area contributed by atoms with Crippen LogP contribution in [0.1, 0.15) is 44.6 Å². The molecule has 0 atom stereocenters. The van der Waals surface area contributed by atoms with E-state index in [0.29, 0.717) is 24.1 Å². The maximum atomic E-state index is 5.92. The zero-order chi connectivity index (χ0) is 12.5. The van der Waals surface area contributed by atoms with Gasteiger partial charge in [0, 0.05) is 18.8 Å². The number of nitrogens with two attached hydrogens (primary N) is 1. The summed E-state index contributed by atoms with van der Waals surface area (Å²) in [6, 6.07) is 1.81.